The molecule has 0 radical (unpaired) electrons. The van der Waals surface area contributed by atoms with Gasteiger partial charge in [-0.2, -0.15) is 0 Å². The highest BCUT2D eigenvalue weighted by Gasteiger charge is 2.18. The average molecular weight is 221 g/mol. The van der Waals surface area contributed by atoms with Gasteiger partial charge in [0.05, 0.1) is 6.61 Å². The monoisotopic (exact) mass is 221 g/mol. The van der Waals surface area contributed by atoms with Crippen molar-refractivity contribution in [3.63, 3.8) is 0 Å². The summed E-state index contributed by atoms with van der Waals surface area (Å²) in [5.41, 5.74) is 1.17. The molecule has 1 heterocycles. The van der Waals surface area contributed by atoms with Crippen molar-refractivity contribution < 1.29 is 9.47 Å². The number of aryl methyl sites for hydroxylation is 1. The van der Waals surface area contributed by atoms with Crippen molar-refractivity contribution in [1.29, 1.82) is 0 Å². The smallest absolute Gasteiger partial charge is 0.122 e. The number of nitrogens with zero attached hydrogens (tertiary/aromatic N) is 1. The molecule has 1 fully saturated rings. The molecule has 16 heavy (non-hydrogen) atoms. The van der Waals surface area contributed by atoms with Crippen LogP contribution in [-0.4, -0.2) is 44.4 Å². The number of para-hydroxylation sites is 1. The van der Waals surface area contributed by atoms with Crippen LogP contribution in [0.2, 0.25) is 0 Å². The second-order valence-electron chi connectivity index (χ2n) is 4.33. The Bertz CT molecular complexity index is 340. The van der Waals surface area contributed by atoms with Crippen molar-refractivity contribution in [2.24, 2.45) is 0 Å². The number of likely N-dealkylation sites (N-methyl/N-ethyl adjacent to an activating group) is 1. The van der Waals surface area contributed by atoms with Gasteiger partial charge in [0.15, 0.2) is 0 Å². The molecule has 1 saturated heterocycles. The molecule has 0 amide bonds. The van der Waals surface area contributed by atoms with Crippen molar-refractivity contribution in [3.8, 4) is 5.75 Å². The SMILES string of the molecule is Cc1ccccc1OCC1CN(C)CCO1. The van der Waals surface area contributed by atoms with Crippen LogP contribution in [-0.2, 0) is 4.74 Å². The van der Waals surface area contributed by atoms with Crippen LogP contribution < -0.4 is 4.74 Å². The van der Waals surface area contributed by atoms with Gasteiger partial charge >= 0.3 is 0 Å². The summed E-state index contributed by atoms with van der Waals surface area (Å²) in [5, 5.41) is 0. The average Bonchev–Trinajstić information content (AvgIpc) is 2.28. The van der Waals surface area contributed by atoms with Crippen LogP contribution in [0.25, 0.3) is 0 Å². The first kappa shape index (κ1) is 11.4. The maximum Gasteiger partial charge on any atom is 0.122 e. The van der Waals surface area contributed by atoms with Gasteiger partial charge in [0.1, 0.15) is 18.5 Å². The molecule has 0 saturated carbocycles. The molecular weight excluding hydrogens is 202 g/mol. The molecule has 0 spiro atoms. The maximum absolute atomic E-state index is 5.77. The van der Waals surface area contributed by atoms with Gasteiger partial charge in [-0.05, 0) is 25.6 Å². The molecule has 2 rings (SSSR count). The number of morpholine rings is 1. The van der Waals surface area contributed by atoms with Crippen LogP contribution >= 0.6 is 0 Å². The Labute approximate surface area is 97.0 Å². The highest BCUT2D eigenvalue weighted by Crippen LogP contribution is 2.17. The third-order valence-electron chi connectivity index (χ3n) is 2.86. The summed E-state index contributed by atoms with van der Waals surface area (Å²) in [7, 11) is 2.11. The zero-order valence-electron chi connectivity index (χ0n) is 9.98. The van der Waals surface area contributed by atoms with Gasteiger partial charge in [-0.1, -0.05) is 18.2 Å². The van der Waals surface area contributed by atoms with Crippen LogP contribution in [0.1, 0.15) is 5.56 Å². The Morgan fingerprint density at radius 2 is 2.25 bits per heavy atom. The van der Waals surface area contributed by atoms with E-state index in [1.54, 1.807) is 0 Å². The topological polar surface area (TPSA) is 21.7 Å². The van der Waals surface area contributed by atoms with E-state index in [1.165, 1.54) is 5.56 Å². The molecule has 3 nitrogen and oxygen atoms in total. The Balaban J connectivity index is 1.85. The van der Waals surface area contributed by atoms with Gasteiger partial charge in [-0.15, -0.1) is 0 Å². The normalized spacial score (nSPS) is 22.0. The molecule has 1 atom stereocenters. The Morgan fingerprint density at radius 3 is 3.00 bits per heavy atom. The number of benzene rings is 1. The molecule has 1 aromatic carbocycles. The van der Waals surface area contributed by atoms with Gasteiger partial charge in [0.25, 0.3) is 0 Å². The summed E-state index contributed by atoms with van der Waals surface area (Å²) in [4.78, 5) is 2.27. The summed E-state index contributed by atoms with van der Waals surface area (Å²) in [5.74, 6) is 0.958. The van der Waals surface area contributed by atoms with Gasteiger partial charge in [0.2, 0.25) is 0 Å². The van der Waals surface area contributed by atoms with Gasteiger partial charge in [-0.3, -0.25) is 0 Å². The molecule has 1 aromatic rings. The fourth-order valence-corrected chi connectivity index (χ4v) is 1.87. The van der Waals surface area contributed by atoms with E-state index in [9.17, 15) is 0 Å². The zero-order valence-corrected chi connectivity index (χ0v) is 9.98. The lowest BCUT2D eigenvalue weighted by Crippen LogP contribution is -2.42. The molecule has 1 aliphatic rings. The van der Waals surface area contributed by atoms with Crippen LogP contribution in [0.3, 0.4) is 0 Å². The molecule has 1 aliphatic heterocycles. The molecule has 0 aromatic heterocycles. The number of ether oxygens (including phenoxy) is 2. The first-order valence-electron chi connectivity index (χ1n) is 5.74. The third kappa shape index (κ3) is 2.97. The molecule has 0 aliphatic carbocycles. The van der Waals surface area contributed by atoms with E-state index < -0.39 is 0 Å². The fraction of sp³-hybridized carbons (Fsp3) is 0.538. The summed E-state index contributed by atoms with van der Waals surface area (Å²) in [6.45, 7) is 5.46. The highest BCUT2D eigenvalue weighted by molar-refractivity contribution is 5.31. The summed E-state index contributed by atoms with van der Waals surface area (Å²) in [6, 6.07) is 8.08. The number of hydrogen-bond acceptors (Lipinski definition) is 3. The molecular formula is C13H19NO2. The lowest BCUT2D eigenvalue weighted by atomic mass is 10.2. The summed E-state index contributed by atoms with van der Waals surface area (Å²) in [6.07, 6.45) is 0.193. The van der Waals surface area contributed by atoms with E-state index in [1.807, 2.05) is 18.2 Å². The summed E-state index contributed by atoms with van der Waals surface area (Å²) >= 11 is 0. The highest BCUT2D eigenvalue weighted by atomic mass is 16.5. The van der Waals surface area contributed by atoms with E-state index in [4.69, 9.17) is 9.47 Å². The van der Waals surface area contributed by atoms with Crippen molar-refractivity contribution in [2.75, 3.05) is 33.4 Å². The minimum atomic E-state index is 0.193. The lowest BCUT2D eigenvalue weighted by Gasteiger charge is -2.29. The summed E-state index contributed by atoms with van der Waals surface area (Å²) < 4.78 is 11.4. The van der Waals surface area contributed by atoms with E-state index in [-0.39, 0.29) is 6.10 Å². The zero-order chi connectivity index (χ0) is 11.4. The maximum atomic E-state index is 5.77. The molecule has 1 unspecified atom stereocenters. The fourth-order valence-electron chi connectivity index (χ4n) is 1.87. The largest absolute Gasteiger partial charge is 0.491 e. The van der Waals surface area contributed by atoms with Crippen molar-refractivity contribution >= 4 is 0 Å². The molecule has 3 heteroatoms. The molecule has 88 valence electrons. The van der Waals surface area contributed by atoms with Crippen molar-refractivity contribution in [1.82, 2.24) is 4.90 Å². The van der Waals surface area contributed by atoms with Gasteiger partial charge < -0.3 is 14.4 Å². The van der Waals surface area contributed by atoms with E-state index in [0.29, 0.717) is 6.61 Å². The molecule has 0 N–H and O–H groups in total. The number of rotatable bonds is 3. The van der Waals surface area contributed by atoms with Crippen molar-refractivity contribution in [3.05, 3.63) is 29.8 Å². The first-order chi connectivity index (χ1) is 7.75. The van der Waals surface area contributed by atoms with Gasteiger partial charge in [-0.25, -0.2) is 0 Å². The van der Waals surface area contributed by atoms with Crippen LogP contribution in [0, 0.1) is 6.92 Å². The van der Waals surface area contributed by atoms with E-state index in [2.05, 4.69) is 24.9 Å². The van der Waals surface area contributed by atoms with Crippen LogP contribution in [0.4, 0.5) is 0 Å². The Kier molecular flexibility index (Phi) is 3.80. The Hall–Kier alpha value is -1.06. The van der Waals surface area contributed by atoms with Crippen LogP contribution in [0.5, 0.6) is 5.75 Å². The first-order valence-corrected chi connectivity index (χ1v) is 5.74. The third-order valence-corrected chi connectivity index (χ3v) is 2.86. The quantitative estimate of drug-likeness (QED) is 0.775. The minimum Gasteiger partial charge on any atom is -0.491 e. The second kappa shape index (κ2) is 5.32. The molecule has 0 bridgehead atoms. The predicted molar refractivity (Wildman–Crippen MR) is 63.9 cm³/mol. The van der Waals surface area contributed by atoms with E-state index in [0.717, 1.165) is 25.4 Å². The van der Waals surface area contributed by atoms with Crippen molar-refractivity contribution in [2.45, 2.75) is 13.0 Å². The number of hydrogen-bond donors (Lipinski definition) is 0. The standard InChI is InChI=1S/C13H19NO2/c1-11-5-3-4-6-13(11)16-10-12-9-14(2)7-8-15-12/h3-6,12H,7-10H2,1-2H3. The second-order valence-corrected chi connectivity index (χ2v) is 4.33. The minimum absolute atomic E-state index is 0.193. The van der Waals surface area contributed by atoms with Crippen LogP contribution in [0.15, 0.2) is 24.3 Å². The van der Waals surface area contributed by atoms with E-state index >= 15 is 0 Å². The Morgan fingerprint density at radius 1 is 1.44 bits per heavy atom. The predicted octanol–water partition coefficient (Wildman–Crippen LogP) is 1.70. The lowest BCUT2D eigenvalue weighted by molar-refractivity contribution is -0.0404. The van der Waals surface area contributed by atoms with Gasteiger partial charge in [0, 0.05) is 13.1 Å².